The Kier molecular flexibility index (Phi) is 5.46. The lowest BCUT2D eigenvalue weighted by molar-refractivity contribution is -0.150. The number of ether oxygens (including phenoxy) is 1. The van der Waals surface area contributed by atoms with E-state index in [2.05, 4.69) is 24.9 Å². The van der Waals surface area contributed by atoms with Crippen LogP contribution in [0.25, 0.3) is 0 Å². The molecular formula is C23H31NO4. The maximum absolute atomic E-state index is 12.7. The van der Waals surface area contributed by atoms with Gasteiger partial charge in [-0.25, -0.2) is 4.79 Å². The first-order valence-electron chi connectivity index (χ1n) is 9.99. The van der Waals surface area contributed by atoms with E-state index in [1.807, 2.05) is 20.8 Å². The Morgan fingerprint density at radius 2 is 1.96 bits per heavy atom. The number of aromatic hydroxyl groups is 2. The van der Waals surface area contributed by atoms with Crippen molar-refractivity contribution in [3.63, 3.8) is 0 Å². The minimum absolute atomic E-state index is 0.0450. The van der Waals surface area contributed by atoms with Crippen LogP contribution >= 0.6 is 0 Å². The van der Waals surface area contributed by atoms with Crippen molar-refractivity contribution in [1.82, 2.24) is 0 Å². The van der Waals surface area contributed by atoms with Crippen LogP contribution in [0.4, 0.5) is 5.69 Å². The number of benzene rings is 1. The van der Waals surface area contributed by atoms with Gasteiger partial charge in [0.25, 0.3) is 0 Å². The molecule has 5 heteroatoms. The molecule has 152 valence electrons. The molecule has 3 rings (SSSR count). The number of esters is 1. The van der Waals surface area contributed by atoms with Crippen LogP contribution in [0.15, 0.2) is 29.9 Å². The Balaban J connectivity index is 2.04. The molecule has 1 aromatic rings. The summed E-state index contributed by atoms with van der Waals surface area (Å²) in [4.78, 5) is 12.7. The Bertz CT molecular complexity index is 832. The number of hydrogen-bond acceptors (Lipinski definition) is 5. The summed E-state index contributed by atoms with van der Waals surface area (Å²) < 4.78 is 5.55. The van der Waals surface area contributed by atoms with Crippen molar-refractivity contribution < 1.29 is 19.7 Å². The van der Waals surface area contributed by atoms with E-state index in [0.29, 0.717) is 5.57 Å². The molecule has 5 nitrogen and oxygen atoms in total. The summed E-state index contributed by atoms with van der Waals surface area (Å²) >= 11 is 0. The van der Waals surface area contributed by atoms with Crippen molar-refractivity contribution >= 4 is 11.7 Å². The number of phenolic OH excluding ortho intramolecular Hbond substituents is 2. The molecular weight excluding hydrogens is 354 g/mol. The molecule has 0 radical (unpaired) electrons. The molecule has 1 aliphatic heterocycles. The smallest absolute Gasteiger partial charge is 0.334 e. The average molecular weight is 386 g/mol. The molecule has 0 fully saturated rings. The highest BCUT2D eigenvalue weighted by atomic mass is 16.6. The SMILES string of the molecule is C=C(C(=O)OC(C)(C)C)C1CCC(C)=CC1c1c(O)cc(O)c2c1NCCC2. The Hall–Kier alpha value is -2.43. The zero-order chi connectivity index (χ0) is 20.6. The van der Waals surface area contributed by atoms with Gasteiger partial charge in [-0.3, -0.25) is 0 Å². The Morgan fingerprint density at radius 1 is 1.25 bits per heavy atom. The highest BCUT2D eigenvalue weighted by Gasteiger charge is 2.36. The highest BCUT2D eigenvalue weighted by Crippen LogP contribution is 2.49. The second-order valence-electron chi connectivity index (χ2n) is 8.92. The number of allylic oxidation sites excluding steroid dienone is 2. The molecule has 2 aliphatic rings. The molecule has 2 atom stereocenters. The fourth-order valence-corrected chi connectivity index (χ4v) is 4.22. The average Bonchev–Trinajstić information content (AvgIpc) is 2.60. The molecule has 28 heavy (non-hydrogen) atoms. The second-order valence-corrected chi connectivity index (χ2v) is 8.92. The summed E-state index contributed by atoms with van der Waals surface area (Å²) in [6.07, 6.45) is 5.44. The highest BCUT2D eigenvalue weighted by molar-refractivity contribution is 5.89. The van der Waals surface area contributed by atoms with E-state index in [1.165, 1.54) is 11.6 Å². The van der Waals surface area contributed by atoms with E-state index in [9.17, 15) is 15.0 Å². The molecule has 0 aromatic heterocycles. The third-order valence-corrected chi connectivity index (χ3v) is 5.52. The molecule has 0 saturated heterocycles. The topological polar surface area (TPSA) is 78.8 Å². The zero-order valence-electron chi connectivity index (χ0n) is 17.3. The van der Waals surface area contributed by atoms with Crippen LogP contribution < -0.4 is 5.32 Å². The van der Waals surface area contributed by atoms with Crippen molar-refractivity contribution in [2.75, 3.05) is 11.9 Å². The van der Waals surface area contributed by atoms with Crippen molar-refractivity contribution in [3.8, 4) is 11.5 Å². The van der Waals surface area contributed by atoms with E-state index in [4.69, 9.17) is 4.74 Å². The van der Waals surface area contributed by atoms with Gasteiger partial charge in [0.15, 0.2) is 0 Å². The lowest BCUT2D eigenvalue weighted by atomic mass is 9.72. The first-order chi connectivity index (χ1) is 13.1. The van der Waals surface area contributed by atoms with E-state index >= 15 is 0 Å². The van der Waals surface area contributed by atoms with E-state index in [1.54, 1.807) is 0 Å². The fourth-order valence-electron chi connectivity index (χ4n) is 4.22. The van der Waals surface area contributed by atoms with Crippen molar-refractivity contribution in [1.29, 1.82) is 0 Å². The van der Waals surface area contributed by atoms with E-state index in [0.717, 1.165) is 49.0 Å². The third kappa shape index (κ3) is 4.03. The van der Waals surface area contributed by atoms with E-state index < -0.39 is 11.6 Å². The first-order valence-corrected chi connectivity index (χ1v) is 9.99. The monoisotopic (exact) mass is 385 g/mol. The molecule has 3 N–H and O–H groups in total. The minimum Gasteiger partial charge on any atom is -0.507 e. The number of phenols is 2. The second kappa shape index (κ2) is 7.53. The third-order valence-electron chi connectivity index (χ3n) is 5.52. The van der Waals surface area contributed by atoms with Crippen molar-refractivity contribution in [2.24, 2.45) is 5.92 Å². The summed E-state index contributed by atoms with van der Waals surface area (Å²) in [5.74, 6) is -0.600. The molecule has 0 saturated carbocycles. The lowest BCUT2D eigenvalue weighted by Crippen LogP contribution is -2.29. The Morgan fingerprint density at radius 3 is 2.64 bits per heavy atom. The van der Waals surface area contributed by atoms with Crippen LogP contribution in [0.2, 0.25) is 0 Å². The lowest BCUT2D eigenvalue weighted by Gasteiger charge is -2.35. The van der Waals surface area contributed by atoms with Crippen molar-refractivity contribution in [3.05, 3.63) is 41.0 Å². The molecule has 2 unspecified atom stereocenters. The van der Waals surface area contributed by atoms with Gasteiger partial charge in [0.1, 0.15) is 17.1 Å². The van der Waals surface area contributed by atoms with Crippen LogP contribution in [-0.4, -0.2) is 28.3 Å². The summed E-state index contributed by atoms with van der Waals surface area (Å²) in [5, 5.41) is 24.4. The number of anilines is 1. The quantitative estimate of drug-likeness (QED) is 0.396. The molecule has 0 spiro atoms. The maximum Gasteiger partial charge on any atom is 0.334 e. The van der Waals surface area contributed by atoms with Crippen LogP contribution in [0.3, 0.4) is 0 Å². The first kappa shape index (κ1) is 20.3. The predicted molar refractivity (Wildman–Crippen MR) is 111 cm³/mol. The molecule has 1 heterocycles. The minimum atomic E-state index is -0.586. The summed E-state index contributed by atoms with van der Waals surface area (Å²) in [6, 6.07) is 1.42. The van der Waals surface area contributed by atoms with E-state index in [-0.39, 0.29) is 23.3 Å². The van der Waals surface area contributed by atoms with Gasteiger partial charge in [-0.2, -0.15) is 0 Å². The van der Waals surface area contributed by atoms with Gasteiger partial charge < -0.3 is 20.3 Å². The van der Waals surface area contributed by atoms with Gasteiger partial charge in [-0.05, 0) is 53.4 Å². The molecule has 0 bridgehead atoms. The van der Waals surface area contributed by atoms with Crippen LogP contribution in [0.5, 0.6) is 11.5 Å². The zero-order valence-corrected chi connectivity index (χ0v) is 17.3. The standard InChI is InChI=1S/C23H31NO4/c1-13-8-9-15(14(2)22(27)28-23(3,4)5)17(11-13)20-19(26)12-18(25)16-7-6-10-24-21(16)20/h11-12,15,17,24-26H,2,6-10H2,1,3-5H3. The van der Waals surface area contributed by atoms with Gasteiger partial charge in [-0.15, -0.1) is 0 Å². The summed E-state index contributed by atoms with van der Waals surface area (Å²) in [6.45, 7) is 12.4. The predicted octanol–water partition coefficient (Wildman–Crippen LogP) is 4.79. The van der Waals surface area contributed by atoms with Crippen LogP contribution in [-0.2, 0) is 16.0 Å². The van der Waals surface area contributed by atoms with Gasteiger partial charge >= 0.3 is 5.97 Å². The maximum atomic E-state index is 12.7. The van der Waals surface area contributed by atoms with Gasteiger partial charge in [0, 0.05) is 46.8 Å². The summed E-state index contributed by atoms with van der Waals surface area (Å²) in [5.41, 5.74) is 3.42. The van der Waals surface area contributed by atoms with Crippen LogP contribution in [0, 0.1) is 5.92 Å². The number of hydrogen-bond donors (Lipinski definition) is 3. The Labute approximate surface area is 167 Å². The molecule has 0 amide bonds. The molecule has 1 aromatic carbocycles. The number of carbonyl (C=O) groups excluding carboxylic acids is 1. The number of nitrogens with one attached hydrogen (secondary N) is 1. The van der Waals surface area contributed by atoms with Crippen LogP contribution in [0.1, 0.15) is 64.0 Å². The molecule has 1 aliphatic carbocycles. The fraction of sp³-hybridized carbons (Fsp3) is 0.522. The normalized spacial score (nSPS) is 21.9. The van der Waals surface area contributed by atoms with Gasteiger partial charge in [-0.1, -0.05) is 18.2 Å². The number of carbonyl (C=O) groups is 1. The summed E-state index contributed by atoms with van der Waals surface area (Å²) in [7, 11) is 0. The number of fused-ring (bicyclic) bond motifs is 1. The van der Waals surface area contributed by atoms with Gasteiger partial charge in [0.2, 0.25) is 0 Å². The number of rotatable bonds is 3. The van der Waals surface area contributed by atoms with Crippen molar-refractivity contribution in [2.45, 2.75) is 64.9 Å². The largest absolute Gasteiger partial charge is 0.507 e. The van der Waals surface area contributed by atoms with Gasteiger partial charge in [0.05, 0.1) is 0 Å².